The smallest absolute Gasteiger partial charge is 0.415 e. The van der Waals surface area contributed by atoms with E-state index in [1.165, 1.54) is 21.9 Å². The molecule has 312 valence electrons. The number of hydrogen-bond acceptors (Lipinski definition) is 9. The van der Waals surface area contributed by atoms with Crippen molar-refractivity contribution in [2.75, 3.05) is 16.3 Å². The number of halogens is 4. The first kappa shape index (κ1) is 45.1. The largest absolute Gasteiger partial charge is 0.443 e. The molecule has 4 aromatic carbocycles. The number of nitrogens with one attached hydrogen (secondary N) is 1. The number of aromatic nitrogens is 2. The van der Waals surface area contributed by atoms with E-state index < -0.39 is 60.4 Å². The normalized spacial score (nSPS) is 11.3. The van der Waals surface area contributed by atoms with Gasteiger partial charge in [-0.3, -0.25) is 19.4 Å². The Hall–Kier alpha value is -6.58. The fraction of sp³-hybridized carbons (Fsp3) is 0.302. The molecule has 0 aliphatic rings. The van der Waals surface area contributed by atoms with Gasteiger partial charge in [-0.1, -0.05) is 72.8 Å². The lowest BCUT2D eigenvalue weighted by Gasteiger charge is -2.27. The number of anilines is 2. The van der Waals surface area contributed by atoms with Crippen LogP contribution in [-0.4, -0.2) is 58.2 Å². The predicted octanol–water partition coefficient (Wildman–Crippen LogP) is 9.81. The second-order valence-electron chi connectivity index (χ2n) is 14.9. The highest BCUT2D eigenvalue weighted by atomic mass is 19.3. The standard InChI is InChI=1S/C22H24F2N2O4.C21H21F2N3O3/c1-22(2,3)30-21(29)26(17-7-5-4-6-8-17)14-15-9-11-16(12-10-15)18(27)13-25-20(28)19(23)24;1-21(2,3)29-20(27)26(16-7-5-4-6-8-16)13-14-9-11-15(12-10-14)18-24-25-19(28-18)17(22)23/h4-12,19H,13-14H2,1-3H3,(H,25,28);4-12,17H,13H2,1-3H3. The van der Waals surface area contributed by atoms with Crippen LogP contribution in [-0.2, 0) is 27.4 Å². The van der Waals surface area contributed by atoms with Crippen molar-refractivity contribution in [3.05, 3.63) is 132 Å². The van der Waals surface area contributed by atoms with E-state index in [4.69, 9.17) is 13.9 Å². The van der Waals surface area contributed by atoms with Gasteiger partial charge in [0.05, 0.1) is 19.6 Å². The van der Waals surface area contributed by atoms with Gasteiger partial charge in [-0.05, 0) is 89.1 Å². The number of ether oxygens (including phenoxy) is 2. The molecule has 0 unspecified atom stereocenters. The third-order valence-corrected chi connectivity index (χ3v) is 7.77. The molecule has 0 spiro atoms. The molecule has 1 heterocycles. The first-order chi connectivity index (χ1) is 27.8. The number of alkyl halides is 4. The molecule has 0 saturated heterocycles. The summed E-state index contributed by atoms with van der Waals surface area (Å²) >= 11 is 0. The molecule has 1 N–H and O–H groups in total. The molecule has 59 heavy (non-hydrogen) atoms. The van der Waals surface area contributed by atoms with Gasteiger partial charge in [0.2, 0.25) is 5.89 Å². The van der Waals surface area contributed by atoms with Crippen molar-refractivity contribution in [2.24, 2.45) is 0 Å². The average Bonchev–Trinajstić information content (AvgIpc) is 3.69. The molecule has 0 atom stereocenters. The van der Waals surface area contributed by atoms with Crippen molar-refractivity contribution in [3.8, 4) is 11.5 Å². The average molecular weight is 820 g/mol. The minimum absolute atomic E-state index is 0.0129. The topological polar surface area (TPSA) is 144 Å². The summed E-state index contributed by atoms with van der Waals surface area (Å²) in [5.41, 5.74) is 2.38. The second-order valence-corrected chi connectivity index (χ2v) is 14.9. The maximum atomic E-state index is 12.7. The fourth-order valence-corrected chi connectivity index (χ4v) is 5.07. The Morgan fingerprint density at radius 2 is 1.08 bits per heavy atom. The first-order valence-electron chi connectivity index (χ1n) is 18.3. The van der Waals surface area contributed by atoms with E-state index in [1.807, 2.05) is 53.8 Å². The Morgan fingerprint density at radius 1 is 0.644 bits per heavy atom. The van der Waals surface area contributed by atoms with Crippen molar-refractivity contribution in [3.63, 3.8) is 0 Å². The molecule has 0 aliphatic heterocycles. The van der Waals surface area contributed by atoms with Crippen molar-refractivity contribution < 1.29 is 50.6 Å². The van der Waals surface area contributed by atoms with Gasteiger partial charge < -0.3 is 19.2 Å². The van der Waals surface area contributed by atoms with Gasteiger partial charge in [-0.15, -0.1) is 10.2 Å². The van der Waals surface area contributed by atoms with E-state index in [1.54, 1.807) is 90.1 Å². The zero-order chi connectivity index (χ0) is 43.3. The van der Waals surface area contributed by atoms with Crippen LogP contribution in [0.1, 0.15) is 75.3 Å². The second kappa shape index (κ2) is 20.2. The van der Waals surface area contributed by atoms with Gasteiger partial charge in [-0.25, -0.2) is 9.59 Å². The molecule has 1 aromatic heterocycles. The van der Waals surface area contributed by atoms with E-state index in [0.29, 0.717) is 16.9 Å². The number of nitrogens with zero attached hydrogens (tertiary/aromatic N) is 4. The summed E-state index contributed by atoms with van der Waals surface area (Å²) in [4.78, 5) is 51.4. The minimum atomic E-state index is -3.17. The Kier molecular flexibility index (Phi) is 15.5. The van der Waals surface area contributed by atoms with Crippen molar-refractivity contribution in [1.82, 2.24) is 15.5 Å². The third-order valence-electron chi connectivity index (χ3n) is 7.77. The molecule has 3 amide bonds. The molecule has 5 aromatic rings. The molecule has 0 fully saturated rings. The number of rotatable bonds is 12. The van der Waals surface area contributed by atoms with Crippen LogP contribution in [0.3, 0.4) is 0 Å². The zero-order valence-corrected chi connectivity index (χ0v) is 33.3. The van der Waals surface area contributed by atoms with Crippen molar-refractivity contribution in [1.29, 1.82) is 0 Å². The Bertz CT molecular complexity index is 2140. The molecule has 0 aliphatic carbocycles. The molecular formula is C43H45F4N5O7. The Labute approximate surface area is 339 Å². The zero-order valence-electron chi connectivity index (χ0n) is 33.3. The van der Waals surface area contributed by atoms with Crippen LogP contribution in [0, 0.1) is 0 Å². The highest BCUT2D eigenvalue weighted by Gasteiger charge is 2.26. The fourth-order valence-electron chi connectivity index (χ4n) is 5.07. The summed E-state index contributed by atoms with van der Waals surface area (Å²) in [6, 6.07) is 31.4. The van der Waals surface area contributed by atoms with Crippen LogP contribution < -0.4 is 15.1 Å². The molecule has 5 rings (SSSR count). The van der Waals surface area contributed by atoms with Crippen LogP contribution in [0.5, 0.6) is 0 Å². The number of benzene rings is 4. The summed E-state index contributed by atoms with van der Waals surface area (Å²) in [5.74, 6) is -2.69. The lowest BCUT2D eigenvalue weighted by molar-refractivity contribution is -0.131. The number of para-hydroxylation sites is 2. The van der Waals surface area contributed by atoms with E-state index in [2.05, 4.69) is 10.2 Å². The molecule has 16 heteroatoms. The number of Topliss-reactive ketones (excluding diaryl/α,β-unsaturated/α-hetero) is 1. The summed E-state index contributed by atoms with van der Waals surface area (Å²) in [7, 11) is 0. The SMILES string of the molecule is CC(C)(C)OC(=O)N(Cc1ccc(-c2nnc(C(F)F)o2)cc1)c1ccccc1.CC(C)(C)OC(=O)N(Cc1ccc(C(=O)CNC(=O)C(F)F)cc1)c1ccccc1. The highest BCUT2D eigenvalue weighted by Crippen LogP contribution is 2.26. The van der Waals surface area contributed by atoms with Crippen molar-refractivity contribution >= 4 is 35.3 Å². The molecule has 12 nitrogen and oxygen atoms in total. The number of carbonyl (C=O) groups excluding carboxylic acids is 4. The Balaban J connectivity index is 0.000000261. The Morgan fingerprint density at radius 3 is 1.47 bits per heavy atom. The predicted molar refractivity (Wildman–Crippen MR) is 212 cm³/mol. The van der Waals surface area contributed by atoms with Crippen LogP contribution in [0.4, 0.5) is 38.5 Å². The van der Waals surface area contributed by atoms with Crippen LogP contribution in [0.25, 0.3) is 11.5 Å². The summed E-state index contributed by atoms with van der Waals surface area (Å²) in [6.45, 7) is 10.7. The summed E-state index contributed by atoms with van der Waals surface area (Å²) in [5, 5.41) is 8.83. The van der Waals surface area contributed by atoms with Crippen LogP contribution in [0.15, 0.2) is 114 Å². The quantitative estimate of drug-likeness (QED) is 0.0961. The number of amides is 3. The van der Waals surface area contributed by atoms with Gasteiger partial charge in [0, 0.05) is 22.5 Å². The number of carbonyl (C=O) groups is 4. The third kappa shape index (κ3) is 14.4. The lowest BCUT2D eigenvalue weighted by Crippen LogP contribution is -2.36. The summed E-state index contributed by atoms with van der Waals surface area (Å²) in [6.07, 6.45) is -6.96. The van der Waals surface area contributed by atoms with Crippen LogP contribution >= 0.6 is 0 Å². The maximum Gasteiger partial charge on any atom is 0.415 e. The van der Waals surface area contributed by atoms with E-state index >= 15 is 0 Å². The van der Waals surface area contributed by atoms with Gasteiger partial charge in [0.25, 0.3) is 11.8 Å². The van der Waals surface area contributed by atoms with E-state index in [9.17, 15) is 36.7 Å². The monoisotopic (exact) mass is 819 g/mol. The summed E-state index contributed by atoms with van der Waals surface area (Å²) < 4.78 is 65.6. The van der Waals surface area contributed by atoms with Gasteiger partial charge in [0.1, 0.15) is 11.2 Å². The lowest BCUT2D eigenvalue weighted by atomic mass is 10.1. The highest BCUT2D eigenvalue weighted by molar-refractivity contribution is 5.99. The van der Waals surface area contributed by atoms with Crippen molar-refractivity contribution in [2.45, 2.75) is 78.7 Å². The van der Waals surface area contributed by atoms with Gasteiger partial charge in [-0.2, -0.15) is 17.6 Å². The maximum absolute atomic E-state index is 12.7. The number of hydrogen-bond donors (Lipinski definition) is 1. The molecule has 0 bridgehead atoms. The molecule has 0 saturated carbocycles. The molecular weight excluding hydrogens is 774 g/mol. The van der Waals surface area contributed by atoms with E-state index in [-0.39, 0.29) is 24.5 Å². The van der Waals surface area contributed by atoms with E-state index in [0.717, 1.165) is 11.1 Å². The first-order valence-corrected chi connectivity index (χ1v) is 18.3. The minimum Gasteiger partial charge on any atom is -0.443 e. The van der Waals surface area contributed by atoms with Crippen LogP contribution in [0.2, 0.25) is 0 Å². The van der Waals surface area contributed by atoms with Gasteiger partial charge in [0.15, 0.2) is 5.78 Å². The molecule has 0 radical (unpaired) electrons. The van der Waals surface area contributed by atoms with Gasteiger partial charge >= 0.3 is 25.0 Å². The number of ketones is 1.